The van der Waals surface area contributed by atoms with Crippen molar-refractivity contribution in [1.82, 2.24) is 4.31 Å². The molecule has 0 saturated carbocycles. The molecule has 0 atom stereocenters. The molecule has 0 fully saturated rings. The highest BCUT2D eigenvalue weighted by Crippen LogP contribution is 2.37. The summed E-state index contributed by atoms with van der Waals surface area (Å²) in [6.45, 7) is 8.06. The molecule has 0 aliphatic rings. The van der Waals surface area contributed by atoms with Crippen molar-refractivity contribution >= 4 is 33.2 Å². The highest BCUT2D eigenvalue weighted by Gasteiger charge is 2.21. The molecular weight excluding hydrogens is 428 g/mol. The Morgan fingerprint density at radius 3 is 2.23 bits per heavy atom. The van der Waals surface area contributed by atoms with Gasteiger partial charge in [-0.3, -0.25) is 4.79 Å². The van der Waals surface area contributed by atoms with Crippen molar-refractivity contribution in [2.75, 3.05) is 25.5 Å². The van der Waals surface area contributed by atoms with E-state index in [9.17, 15) is 13.2 Å². The summed E-state index contributed by atoms with van der Waals surface area (Å²) in [7, 11) is -2.09. The number of sulfonamides is 1. The van der Waals surface area contributed by atoms with Crippen molar-refractivity contribution in [3.05, 3.63) is 47.0 Å². The maximum Gasteiger partial charge on any atom is 0.255 e. The van der Waals surface area contributed by atoms with Crippen LogP contribution >= 0.6 is 11.6 Å². The molecule has 0 bridgehead atoms. The van der Waals surface area contributed by atoms with E-state index in [1.54, 1.807) is 26.0 Å². The number of hydrogen-bond donors (Lipinski definition) is 1. The van der Waals surface area contributed by atoms with Crippen molar-refractivity contribution in [3.8, 4) is 11.5 Å². The highest BCUT2D eigenvalue weighted by molar-refractivity contribution is 7.89. The highest BCUT2D eigenvalue weighted by atomic mass is 35.5. The van der Waals surface area contributed by atoms with Crippen molar-refractivity contribution in [2.24, 2.45) is 0 Å². The van der Waals surface area contributed by atoms with Crippen LogP contribution in [0.1, 0.15) is 38.1 Å². The van der Waals surface area contributed by atoms with E-state index in [0.717, 1.165) is 0 Å². The van der Waals surface area contributed by atoms with Gasteiger partial charge in [0.25, 0.3) is 5.91 Å². The number of carbonyl (C=O) groups excluding carboxylic acids is 1. The Balaban J connectivity index is 2.23. The molecular formula is C21H27ClN2O5S. The second-order valence-electron chi connectivity index (χ2n) is 6.72. The zero-order valence-corrected chi connectivity index (χ0v) is 19.3. The Morgan fingerprint density at radius 1 is 1.13 bits per heavy atom. The van der Waals surface area contributed by atoms with Gasteiger partial charge in [-0.1, -0.05) is 25.4 Å². The van der Waals surface area contributed by atoms with E-state index >= 15 is 0 Å². The molecule has 2 aromatic rings. The lowest BCUT2D eigenvalue weighted by Gasteiger charge is -2.18. The van der Waals surface area contributed by atoms with Gasteiger partial charge >= 0.3 is 0 Å². The van der Waals surface area contributed by atoms with Gasteiger partial charge < -0.3 is 14.8 Å². The molecule has 0 radical (unpaired) electrons. The molecule has 0 saturated heterocycles. The fourth-order valence-corrected chi connectivity index (χ4v) is 4.54. The number of anilines is 1. The van der Waals surface area contributed by atoms with E-state index in [1.165, 1.54) is 35.7 Å². The van der Waals surface area contributed by atoms with Gasteiger partial charge in [0.2, 0.25) is 10.0 Å². The summed E-state index contributed by atoms with van der Waals surface area (Å²) in [4.78, 5) is 12.8. The molecule has 164 valence electrons. The lowest BCUT2D eigenvalue weighted by Crippen LogP contribution is -2.30. The summed E-state index contributed by atoms with van der Waals surface area (Å²) < 4.78 is 37.5. The van der Waals surface area contributed by atoms with Gasteiger partial charge in [-0.2, -0.15) is 4.31 Å². The fraction of sp³-hybridized carbons (Fsp3) is 0.381. The van der Waals surface area contributed by atoms with Crippen molar-refractivity contribution in [2.45, 2.75) is 38.7 Å². The second-order valence-corrected chi connectivity index (χ2v) is 9.07. The number of amides is 1. The van der Waals surface area contributed by atoms with Crippen molar-refractivity contribution in [3.63, 3.8) is 0 Å². The Hall–Kier alpha value is -2.29. The molecule has 1 N–H and O–H groups in total. The molecule has 7 nitrogen and oxygen atoms in total. The van der Waals surface area contributed by atoms with Crippen molar-refractivity contribution in [1.29, 1.82) is 0 Å². The maximum absolute atomic E-state index is 12.7. The van der Waals surface area contributed by atoms with E-state index in [0.29, 0.717) is 30.3 Å². The molecule has 2 rings (SSSR count). The lowest BCUT2D eigenvalue weighted by atomic mass is 10.1. The second kappa shape index (κ2) is 10.1. The van der Waals surface area contributed by atoms with E-state index in [4.69, 9.17) is 21.1 Å². The molecule has 0 unspecified atom stereocenters. The first-order chi connectivity index (χ1) is 14.1. The monoisotopic (exact) mass is 454 g/mol. The van der Waals surface area contributed by atoms with E-state index < -0.39 is 15.9 Å². The third kappa shape index (κ3) is 5.44. The smallest absolute Gasteiger partial charge is 0.255 e. The van der Waals surface area contributed by atoms with Gasteiger partial charge in [-0.05, 0) is 50.2 Å². The summed E-state index contributed by atoms with van der Waals surface area (Å²) in [5, 5.41) is 2.99. The van der Waals surface area contributed by atoms with Crippen LogP contribution in [-0.4, -0.2) is 44.9 Å². The van der Waals surface area contributed by atoms with Crippen LogP contribution in [0, 0.1) is 0 Å². The Kier molecular flexibility index (Phi) is 8.11. The van der Waals surface area contributed by atoms with Gasteiger partial charge in [0, 0.05) is 24.3 Å². The third-order valence-electron chi connectivity index (χ3n) is 4.30. The van der Waals surface area contributed by atoms with Gasteiger partial charge in [0.05, 0.1) is 23.1 Å². The lowest BCUT2D eigenvalue weighted by molar-refractivity contribution is 0.102. The number of ether oxygens (including phenoxy) is 2. The molecule has 30 heavy (non-hydrogen) atoms. The van der Waals surface area contributed by atoms with Gasteiger partial charge in [-0.15, -0.1) is 0 Å². The SMILES string of the molecule is CCN(CC)S(=O)(=O)c1ccc(NC(=O)c2cc(Cl)c(OC(C)C)c(OC)c2)cc1. The molecule has 0 aliphatic heterocycles. The topological polar surface area (TPSA) is 84.9 Å². The number of halogens is 1. The minimum absolute atomic E-state index is 0.109. The fourth-order valence-electron chi connectivity index (χ4n) is 2.83. The van der Waals surface area contributed by atoms with E-state index in [2.05, 4.69) is 5.32 Å². The summed E-state index contributed by atoms with van der Waals surface area (Å²) >= 11 is 6.28. The first kappa shape index (κ1) is 24.0. The minimum atomic E-state index is -3.56. The van der Waals surface area contributed by atoms with Crippen LogP contribution in [0.5, 0.6) is 11.5 Å². The van der Waals surface area contributed by atoms with Crippen LogP contribution in [0.25, 0.3) is 0 Å². The van der Waals surface area contributed by atoms with E-state index in [1.807, 2.05) is 13.8 Å². The van der Waals surface area contributed by atoms with E-state index in [-0.39, 0.29) is 21.6 Å². The summed E-state index contributed by atoms with van der Waals surface area (Å²) in [6.07, 6.45) is -0.109. The number of methoxy groups -OCH3 is 1. The zero-order chi connectivity index (χ0) is 22.5. The van der Waals surface area contributed by atoms with Gasteiger partial charge in [0.1, 0.15) is 0 Å². The molecule has 0 spiro atoms. The number of hydrogen-bond acceptors (Lipinski definition) is 5. The average Bonchev–Trinajstić information content (AvgIpc) is 2.70. The third-order valence-corrected chi connectivity index (χ3v) is 6.65. The summed E-state index contributed by atoms with van der Waals surface area (Å²) in [5.74, 6) is 0.310. The molecule has 0 heterocycles. The van der Waals surface area contributed by atoms with Crippen LogP contribution in [0.4, 0.5) is 5.69 Å². The molecule has 0 aliphatic carbocycles. The Bertz CT molecular complexity index is 987. The Labute approximate surface area is 183 Å². The number of carbonyl (C=O) groups is 1. The molecule has 2 aromatic carbocycles. The van der Waals surface area contributed by atoms with Crippen LogP contribution in [-0.2, 0) is 10.0 Å². The average molecular weight is 455 g/mol. The van der Waals surface area contributed by atoms with Crippen LogP contribution in [0.3, 0.4) is 0 Å². The first-order valence-corrected chi connectivity index (χ1v) is 11.4. The predicted molar refractivity (Wildman–Crippen MR) is 118 cm³/mol. The first-order valence-electron chi connectivity index (χ1n) is 9.59. The standard InChI is InChI=1S/C21H27ClN2O5S/c1-6-24(7-2)30(26,27)17-10-8-16(9-11-17)23-21(25)15-12-18(22)20(29-14(3)4)19(13-15)28-5/h8-14H,6-7H2,1-5H3,(H,23,25). The zero-order valence-electron chi connectivity index (χ0n) is 17.7. The summed E-state index contributed by atoms with van der Waals surface area (Å²) in [6, 6.07) is 9.06. The van der Waals surface area contributed by atoms with Gasteiger partial charge in [-0.25, -0.2) is 8.42 Å². The number of rotatable bonds is 9. The normalized spacial score (nSPS) is 11.6. The number of nitrogens with zero attached hydrogens (tertiary/aromatic N) is 1. The molecule has 0 aromatic heterocycles. The quantitative estimate of drug-likeness (QED) is 0.606. The predicted octanol–water partition coefficient (Wildman–Crippen LogP) is 4.42. The van der Waals surface area contributed by atoms with Crippen LogP contribution in [0.15, 0.2) is 41.3 Å². The maximum atomic E-state index is 12.7. The largest absolute Gasteiger partial charge is 0.493 e. The molecule has 1 amide bonds. The number of nitrogens with one attached hydrogen (secondary N) is 1. The van der Waals surface area contributed by atoms with Gasteiger partial charge in [0.15, 0.2) is 11.5 Å². The minimum Gasteiger partial charge on any atom is -0.493 e. The molecule has 9 heteroatoms. The van der Waals surface area contributed by atoms with Crippen LogP contribution < -0.4 is 14.8 Å². The van der Waals surface area contributed by atoms with Crippen molar-refractivity contribution < 1.29 is 22.7 Å². The summed E-state index contributed by atoms with van der Waals surface area (Å²) in [5.41, 5.74) is 0.740. The number of benzene rings is 2. The Morgan fingerprint density at radius 2 is 1.73 bits per heavy atom. The van der Waals surface area contributed by atoms with Crippen LogP contribution in [0.2, 0.25) is 5.02 Å².